The van der Waals surface area contributed by atoms with E-state index < -0.39 is 0 Å². The first kappa shape index (κ1) is 9.96. The number of nitrogens with one attached hydrogen (secondary N) is 1. The molecule has 12 heavy (non-hydrogen) atoms. The zero-order valence-corrected chi connectivity index (χ0v) is 7.92. The van der Waals surface area contributed by atoms with Gasteiger partial charge in [0.1, 0.15) is 0 Å². The minimum Gasteiger partial charge on any atom is -0.392 e. The second-order valence-electron chi connectivity index (χ2n) is 3.63. The third kappa shape index (κ3) is 3.09. The molecule has 0 radical (unpaired) electrons. The molecular weight excluding hydrogens is 154 g/mol. The second-order valence-corrected chi connectivity index (χ2v) is 3.63. The van der Waals surface area contributed by atoms with Crippen molar-refractivity contribution in [2.75, 3.05) is 19.7 Å². The van der Waals surface area contributed by atoms with E-state index >= 15 is 0 Å². The van der Waals surface area contributed by atoms with Crippen LogP contribution in [0.3, 0.4) is 0 Å². The van der Waals surface area contributed by atoms with Crippen LogP contribution in [0.4, 0.5) is 0 Å². The largest absolute Gasteiger partial charge is 0.392 e. The normalized spacial score (nSPS) is 32.2. The Morgan fingerprint density at radius 1 is 1.67 bits per heavy atom. The molecule has 0 saturated carbocycles. The molecule has 1 aliphatic heterocycles. The van der Waals surface area contributed by atoms with Crippen LogP contribution in [-0.2, 0) is 4.74 Å². The van der Waals surface area contributed by atoms with Gasteiger partial charge in [0.05, 0.1) is 12.2 Å². The van der Waals surface area contributed by atoms with Gasteiger partial charge >= 0.3 is 0 Å². The molecule has 3 unspecified atom stereocenters. The fraction of sp³-hybridized carbons (Fsp3) is 1.00. The standard InChI is InChI=1S/C9H19NO2/c1-7(11)5-10-6-9-3-4-12-8(9)2/h7-11H,3-6H2,1-2H3. The van der Waals surface area contributed by atoms with E-state index in [0.29, 0.717) is 18.6 Å². The molecule has 0 aliphatic carbocycles. The van der Waals surface area contributed by atoms with Crippen LogP contribution in [0.15, 0.2) is 0 Å². The van der Waals surface area contributed by atoms with Crippen molar-refractivity contribution in [1.29, 1.82) is 0 Å². The lowest BCUT2D eigenvalue weighted by atomic mass is 10.0. The Bertz CT molecular complexity index is 128. The SMILES string of the molecule is CC(O)CNCC1CCOC1C. The summed E-state index contributed by atoms with van der Waals surface area (Å²) in [6, 6.07) is 0. The van der Waals surface area contributed by atoms with Crippen molar-refractivity contribution in [3.8, 4) is 0 Å². The van der Waals surface area contributed by atoms with E-state index in [9.17, 15) is 0 Å². The summed E-state index contributed by atoms with van der Waals surface area (Å²) >= 11 is 0. The zero-order chi connectivity index (χ0) is 8.97. The van der Waals surface area contributed by atoms with Crippen molar-refractivity contribution in [1.82, 2.24) is 5.32 Å². The van der Waals surface area contributed by atoms with Crippen molar-refractivity contribution in [2.24, 2.45) is 5.92 Å². The van der Waals surface area contributed by atoms with Crippen molar-refractivity contribution in [2.45, 2.75) is 32.5 Å². The molecular formula is C9H19NO2. The van der Waals surface area contributed by atoms with Gasteiger partial charge in [0.25, 0.3) is 0 Å². The molecule has 2 N–H and O–H groups in total. The van der Waals surface area contributed by atoms with Gasteiger partial charge < -0.3 is 15.2 Å². The summed E-state index contributed by atoms with van der Waals surface area (Å²) in [6.45, 7) is 6.45. The Labute approximate surface area is 74.1 Å². The van der Waals surface area contributed by atoms with Gasteiger partial charge in [-0.15, -0.1) is 0 Å². The highest BCUT2D eigenvalue weighted by atomic mass is 16.5. The molecule has 3 nitrogen and oxygen atoms in total. The quantitative estimate of drug-likeness (QED) is 0.646. The lowest BCUT2D eigenvalue weighted by molar-refractivity contribution is 0.104. The highest BCUT2D eigenvalue weighted by Gasteiger charge is 2.23. The summed E-state index contributed by atoms with van der Waals surface area (Å²) in [7, 11) is 0. The summed E-state index contributed by atoms with van der Waals surface area (Å²) in [6.07, 6.45) is 1.28. The van der Waals surface area contributed by atoms with E-state index in [4.69, 9.17) is 9.84 Å². The Morgan fingerprint density at radius 3 is 2.92 bits per heavy atom. The van der Waals surface area contributed by atoms with E-state index in [2.05, 4.69) is 12.2 Å². The molecule has 3 atom stereocenters. The van der Waals surface area contributed by atoms with Gasteiger partial charge in [0.2, 0.25) is 0 Å². The second kappa shape index (κ2) is 4.80. The van der Waals surface area contributed by atoms with Gasteiger partial charge in [-0.3, -0.25) is 0 Å². The van der Waals surface area contributed by atoms with E-state index in [0.717, 1.165) is 19.6 Å². The van der Waals surface area contributed by atoms with Crippen molar-refractivity contribution in [3.63, 3.8) is 0 Å². The molecule has 0 aromatic rings. The molecule has 0 spiro atoms. The Balaban J connectivity index is 2.06. The van der Waals surface area contributed by atoms with Crippen LogP contribution in [0.2, 0.25) is 0 Å². The number of hydrogen-bond acceptors (Lipinski definition) is 3. The first-order chi connectivity index (χ1) is 5.70. The molecule has 1 aliphatic rings. The van der Waals surface area contributed by atoms with E-state index in [1.165, 1.54) is 0 Å². The fourth-order valence-corrected chi connectivity index (χ4v) is 1.52. The molecule has 1 heterocycles. The van der Waals surface area contributed by atoms with E-state index in [1.807, 2.05) is 0 Å². The van der Waals surface area contributed by atoms with Gasteiger partial charge in [-0.25, -0.2) is 0 Å². The summed E-state index contributed by atoms with van der Waals surface area (Å²) in [5.74, 6) is 0.628. The molecule has 0 aromatic carbocycles. The van der Waals surface area contributed by atoms with Gasteiger partial charge in [0.15, 0.2) is 0 Å². The van der Waals surface area contributed by atoms with Crippen LogP contribution in [0.5, 0.6) is 0 Å². The van der Waals surface area contributed by atoms with Crippen LogP contribution in [0.1, 0.15) is 20.3 Å². The third-order valence-electron chi connectivity index (χ3n) is 2.38. The minimum absolute atomic E-state index is 0.248. The molecule has 72 valence electrons. The smallest absolute Gasteiger partial charge is 0.0636 e. The van der Waals surface area contributed by atoms with E-state index in [1.54, 1.807) is 6.92 Å². The fourth-order valence-electron chi connectivity index (χ4n) is 1.52. The highest BCUT2D eigenvalue weighted by molar-refractivity contribution is 4.74. The molecule has 0 amide bonds. The number of ether oxygens (including phenoxy) is 1. The maximum atomic E-state index is 9.00. The highest BCUT2D eigenvalue weighted by Crippen LogP contribution is 2.18. The number of hydrogen-bond donors (Lipinski definition) is 2. The molecule has 0 bridgehead atoms. The monoisotopic (exact) mass is 173 g/mol. The lowest BCUT2D eigenvalue weighted by Gasteiger charge is -2.15. The minimum atomic E-state index is -0.248. The first-order valence-electron chi connectivity index (χ1n) is 4.70. The van der Waals surface area contributed by atoms with Crippen LogP contribution in [0, 0.1) is 5.92 Å². The predicted octanol–water partition coefficient (Wildman–Crippen LogP) is 0.382. The van der Waals surface area contributed by atoms with Gasteiger partial charge in [-0.1, -0.05) is 0 Å². The van der Waals surface area contributed by atoms with Crippen molar-refractivity contribution in [3.05, 3.63) is 0 Å². The lowest BCUT2D eigenvalue weighted by Crippen LogP contribution is -2.31. The number of rotatable bonds is 4. The van der Waals surface area contributed by atoms with Crippen LogP contribution >= 0.6 is 0 Å². The van der Waals surface area contributed by atoms with E-state index in [-0.39, 0.29) is 6.10 Å². The third-order valence-corrected chi connectivity index (χ3v) is 2.38. The topological polar surface area (TPSA) is 41.5 Å². The summed E-state index contributed by atoms with van der Waals surface area (Å²) in [4.78, 5) is 0. The predicted molar refractivity (Wildman–Crippen MR) is 48.1 cm³/mol. The van der Waals surface area contributed by atoms with Crippen molar-refractivity contribution >= 4 is 0 Å². The Morgan fingerprint density at radius 2 is 2.42 bits per heavy atom. The molecule has 0 aromatic heterocycles. The average molecular weight is 173 g/mol. The van der Waals surface area contributed by atoms with Gasteiger partial charge in [-0.05, 0) is 26.2 Å². The van der Waals surface area contributed by atoms with Gasteiger partial charge in [-0.2, -0.15) is 0 Å². The van der Waals surface area contributed by atoms with Crippen LogP contribution < -0.4 is 5.32 Å². The summed E-state index contributed by atoms with van der Waals surface area (Å²) < 4.78 is 5.42. The summed E-state index contributed by atoms with van der Waals surface area (Å²) in [5.41, 5.74) is 0. The maximum absolute atomic E-state index is 9.00. The first-order valence-corrected chi connectivity index (χ1v) is 4.70. The number of aliphatic hydroxyl groups excluding tert-OH is 1. The Hall–Kier alpha value is -0.120. The molecule has 1 fully saturated rings. The maximum Gasteiger partial charge on any atom is 0.0636 e. The number of aliphatic hydroxyl groups is 1. The van der Waals surface area contributed by atoms with Crippen LogP contribution in [0.25, 0.3) is 0 Å². The summed E-state index contributed by atoms with van der Waals surface area (Å²) in [5, 5.41) is 12.2. The Kier molecular flexibility index (Phi) is 3.98. The zero-order valence-electron chi connectivity index (χ0n) is 7.92. The average Bonchev–Trinajstić information content (AvgIpc) is 2.36. The molecule has 1 rings (SSSR count). The molecule has 1 saturated heterocycles. The van der Waals surface area contributed by atoms with Crippen molar-refractivity contribution < 1.29 is 9.84 Å². The molecule has 3 heteroatoms. The van der Waals surface area contributed by atoms with Crippen LogP contribution in [-0.4, -0.2) is 37.0 Å². The van der Waals surface area contributed by atoms with Gasteiger partial charge in [0, 0.05) is 19.7 Å².